The van der Waals surface area contributed by atoms with Crippen LogP contribution in [0, 0.1) is 11.3 Å². The maximum Gasteiger partial charge on any atom is 0.0356 e. The van der Waals surface area contributed by atoms with Crippen molar-refractivity contribution < 1.29 is 0 Å². The molecule has 2 N–H and O–H groups in total. The molecule has 2 rings (SSSR count). The molecule has 2 aliphatic rings. The topological polar surface area (TPSA) is 32.5 Å². The molecule has 2 heterocycles. The third kappa shape index (κ3) is 3.14. The van der Waals surface area contributed by atoms with Gasteiger partial charge in [0.25, 0.3) is 0 Å². The largest absolute Gasteiger partial charge is 0.329 e. The van der Waals surface area contributed by atoms with Gasteiger partial charge in [0, 0.05) is 18.6 Å². The van der Waals surface area contributed by atoms with Crippen LogP contribution in [0.1, 0.15) is 47.0 Å². The van der Waals surface area contributed by atoms with Crippen LogP contribution in [-0.2, 0) is 0 Å². The lowest BCUT2D eigenvalue weighted by molar-refractivity contribution is 0.0384. The van der Waals surface area contributed by atoms with E-state index in [1.165, 1.54) is 52.0 Å². The van der Waals surface area contributed by atoms with E-state index in [9.17, 15) is 0 Å². The van der Waals surface area contributed by atoms with Crippen LogP contribution in [0.4, 0.5) is 0 Å². The summed E-state index contributed by atoms with van der Waals surface area (Å²) in [7, 11) is 0. The first-order chi connectivity index (χ1) is 8.91. The molecule has 0 aromatic carbocycles. The number of nitrogens with two attached hydrogens (primary N) is 1. The molecule has 0 spiro atoms. The van der Waals surface area contributed by atoms with Gasteiger partial charge in [-0.05, 0) is 56.8 Å². The van der Waals surface area contributed by atoms with Gasteiger partial charge in [-0.15, -0.1) is 0 Å². The molecule has 112 valence electrons. The van der Waals surface area contributed by atoms with Crippen LogP contribution in [0.3, 0.4) is 0 Å². The second-order valence-corrected chi connectivity index (χ2v) is 7.66. The summed E-state index contributed by atoms with van der Waals surface area (Å²) in [5.74, 6) is 0.833. The minimum atomic E-state index is 0.297. The Morgan fingerprint density at radius 3 is 2.21 bits per heavy atom. The van der Waals surface area contributed by atoms with Crippen molar-refractivity contribution in [3.8, 4) is 0 Å². The fraction of sp³-hybridized carbons (Fsp3) is 1.00. The minimum Gasteiger partial charge on any atom is -0.329 e. The van der Waals surface area contributed by atoms with E-state index in [-0.39, 0.29) is 0 Å². The molecule has 19 heavy (non-hydrogen) atoms. The number of nitrogens with zero attached hydrogens (tertiary/aromatic N) is 2. The first-order valence-electron chi connectivity index (χ1n) is 8.09. The maximum absolute atomic E-state index is 6.20. The van der Waals surface area contributed by atoms with Gasteiger partial charge in [-0.1, -0.05) is 27.7 Å². The predicted molar refractivity (Wildman–Crippen MR) is 82.3 cm³/mol. The van der Waals surface area contributed by atoms with Gasteiger partial charge < -0.3 is 10.6 Å². The molecule has 0 bridgehead atoms. The van der Waals surface area contributed by atoms with Gasteiger partial charge in [-0.2, -0.15) is 0 Å². The molecular weight excluding hydrogens is 234 g/mol. The summed E-state index contributed by atoms with van der Waals surface area (Å²) in [4.78, 5) is 5.29. The van der Waals surface area contributed by atoms with Crippen LogP contribution in [0.5, 0.6) is 0 Å². The summed E-state index contributed by atoms with van der Waals surface area (Å²) in [5, 5.41) is 0. The van der Waals surface area contributed by atoms with E-state index in [4.69, 9.17) is 5.73 Å². The van der Waals surface area contributed by atoms with Crippen LogP contribution in [-0.4, -0.2) is 54.6 Å². The molecule has 3 nitrogen and oxygen atoms in total. The Labute approximate surface area is 119 Å². The summed E-state index contributed by atoms with van der Waals surface area (Å²) in [5.41, 5.74) is 6.94. The van der Waals surface area contributed by atoms with E-state index < -0.39 is 0 Å². The van der Waals surface area contributed by atoms with Gasteiger partial charge in [-0.25, -0.2) is 0 Å². The van der Waals surface area contributed by atoms with Crippen molar-refractivity contribution in [2.75, 3.05) is 39.3 Å². The summed E-state index contributed by atoms with van der Waals surface area (Å²) < 4.78 is 0. The Morgan fingerprint density at radius 1 is 1.16 bits per heavy atom. The SMILES string of the molecule is CCN1CCC(CN)(N2CCC(C(C)(C)C)C2)CC1. The van der Waals surface area contributed by atoms with Crippen molar-refractivity contribution in [2.24, 2.45) is 17.1 Å². The van der Waals surface area contributed by atoms with Crippen molar-refractivity contribution in [1.29, 1.82) is 0 Å². The van der Waals surface area contributed by atoms with Crippen molar-refractivity contribution in [2.45, 2.75) is 52.5 Å². The second-order valence-electron chi connectivity index (χ2n) is 7.66. The molecule has 0 aromatic heterocycles. The van der Waals surface area contributed by atoms with E-state index in [1.54, 1.807) is 0 Å². The van der Waals surface area contributed by atoms with Gasteiger partial charge in [0.05, 0.1) is 0 Å². The molecule has 0 aliphatic carbocycles. The van der Waals surface area contributed by atoms with E-state index in [0.29, 0.717) is 11.0 Å². The minimum absolute atomic E-state index is 0.297. The quantitative estimate of drug-likeness (QED) is 0.850. The Hall–Kier alpha value is -0.120. The molecule has 1 atom stereocenters. The highest BCUT2D eigenvalue weighted by Gasteiger charge is 2.43. The second kappa shape index (κ2) is 5.71. The van der Waals surface area contributed by atoms with Gasteiger partial charge in [0.1, 0.15) is 0 Å². The lowest BCUT2D eigenvalue weighted by Gasteiger charge is -2.47. The first kappa shape index (κ1) is 15.3. The standard InChI is InChI=1S/C16H33N3/c1-5-18-10-7-16(13-17,8-11-18)19-9-6-14(12-19)15(2,3)4/h14H,5-13,17H2,1-4H3. The van der Waals surface area contributed by atoms with Gasteiger partial charge in [0.15, 0.2) is 0 Å². The smallest absolute Gasteiger partial charge is 0.0356 e. The van der Waals surface area contributed by atoms with Crippen LogP contribution < -0.4 is 5.73 Å². The summed E-state index contributed by atoms with van der Waals surface area (Å²) in [6.45, 7) is 16.4. The van der Waals surface area contributed by atoms with Crippen molar-refractivity contribution in [3.63, 3.8) is 0 Å². The van der Waals surface area contributed by atoms with Crippen LogP contribution in [0.2, 0.25) is 0 Å². The highest BCUT2D eigenvalue weighted by atomic mass is 15.3. The van der Waals surface area contributed by atoms with Crippen molar-refractivity contribution >= 4 is 0 Å². The fourth-order valence-corrected chi connectivity index (χ4v) is 3.83. The first-order valence-corrected chi connectivity index (χ1v) is 8.09. The fourth-order valence-electron chi connectivity index (χ4n) is 3.83. The predicted octanol–water partition coefficient (Wildman–Crippen LogP) is 2.17. The Balaban J connectivity index is 2.00. The molecule has 0 saturated carbocycles. The molecule has 0 aromatic rings. The Bertz CT molecular complexity index is 287. The number of likely N-dealkylation sites (tertiary alicyclic amines) is 2. The van der Waals surface area contributed by atoms with E-state index in [1.807, 2.05) is 0 Å². The molecule has 0 radical (unpaired) electrons. The zero-order chi connectivity index (χ0) is 14.1. The average Bonchev–Trinajstić information content (AvgIpc) is 2.89. The van der Waals surface area contributed by atoms with Crippen LogP contribution >= 0.6 is 0 Å². The summed E-state index contributed by atoms with van der Waals surface area (Å²) >= 11 is 0. The highest BCUT2D eigenvalue weighted by Crippen LogP contribution is 2.39. The number of rotatable bonds is 3. The van der Waals surface area contributed by atoms with Gasteiger partial charge in [0.2, 0.25) is 0 Å². The zero-order valence-corrected chi connectivity index (χ0v) is 13.4. The Morgan fingerprint density at radius 2 is 1.79 bits per heavy atom. The number of hydrogen-bond donors (Lipinski definition) is 1. The van der Waals surface area contributed by atoms with E-state index >= 15 is 0 Å². The Kier molecular flexibility index (Phi) is 4.59. The highest BCUT2D eigenvalue weighted by molar-refractivity contribution is 5.00. The normalized spacial score (nSPS) is 29.8. The van der Waals surface area contributed by atoms with Crippen LogP contribution in [0.25, 0.3) is 0 Å². The van der Waals surface area contributed by atoms with E-state index in [0.717, 1.165) is 12.5 Å². The molecule has 1 unspecified atom stereocenters. The molecule has 2 fully saturated rings. The third-order valence-electron chi connectivity index (χ3n) is 5.70. The van der Waals surface area contributed by atoms with Crippen molar-refractivity contribution in [1.82, 2.24) is 9.80 Å². The zero-order valence-electron chi connectivity index (χ0n) is 13.4. The average molecular weight is 267 g/mol. The van der Waals surface area contributed by atoms with Crippen LogP contribution in [0.15, 0.2) is 0 Å². The summed E-state index contributed by atoms with van der Waals surface area (Å²) in [6, 6.07) is 0. The maximum atomic E-state index is 6.20. The molecule has 2 saturated heterocycles. The van der Waals surface area contributed by atoms with Crippen molar-refractivity contribution in [3.05, 3.63) is 0 Å². The molecule has 0 amide bonds. The van der Waals surface area contributed by atoms with Gasteiger partial charge in [-0.3, -0.25) is 4.90 Å². The molecule has 2 aliphatic heterocycles. The summed E-state index contributed by atoms with van der Waals surface area (Å²) in [6.07, 6.45) is 3.87. The third-order valence-corrected chi connectivity index (χ3v) is 5.70. The molecular formula is C16H33N3. The number of hydrogen-bond acceptors (Lipinski definition) is 3. The monoisotopic (exact) mass is 267 g/mol. The lowest BCUT2D eigenvalue weighted by atomic mass is 9.80. The molecule has 3 heteroatoms. The van der Waals surface area contributed by atoms with E-state index in [2.05, 4.69) is 37.5 Å². The van der Waals surface area contributed by atoms with Gasteiger partial charge >= 0.3 is 0 Å². The lowest BCUT2D eigenvalue weighted by Crippen LogP contribution is -2.58. The number of piperidine rings is 1.